The van der Waals surface area contributed by atoms with E-state index >= 15 is 0 Å². The Labute approximate surface area is 120 Å². The van der Waals surface area contributed by atoms with E-state index in [1.807, 2.05) is 37.3 Å². The zero-order valence-corrected chi connectivity index (χ0v) is 12.4. The van der Waals surface area contributed by atoms with E-state index in [1.54, 1.807) is 33.5 Å². The van der Waals surface area contributed by atoms with Crippen LogP contribution in [0.15, 0.2) is 48.1 Å². The number of benzene rings is 1. The molecule has 4 heteroatoms. The van der Waals surface area contributed by atoms with E-state index in [4.69, 9.17) is 19.3 Å². The van der Waals surface area contributed by atoms with Crippen molar-refractivity contribution in [3.63, 3.8) is 0 Å². The molecule has 0 aromatic heterocycles. The Morgan fingerprint density at radius 3 is 2.15 bits per heavy atom. The molecule has 0 aliphatic heterocycles. The van der Waals surface area contributed by atoms with Crippen LogP contribution >= 0.6 is 0 Å². The molecule has 0 saturated heterocycles. The molecule has 0 aliphatic rings. The van der Waals surface area contributed by atoms with E-state index in [0.717, 1.165) is 16.9 Å². The highest BCUT2D eigenvalue weighted by Gasteiger charge is 2.35. The highest BCUT2D eigenvalue weighted by Crippen LogP contribution is 2.35. The first-order valence-electron chi connectivity index (χ1n) is 6.37. The van der Waals surface area contributed by atoms with E-state index in [1.165, 1.54) is 0 Å². The number of allylic oxidation sites excluding steroid dienone is 1. The van der Waals surface area contributed by atoms with Crippen molar-refractivity contribution in [3.8, 4) is 5.75 Å². The Morgan fingerprint density at radius 2 is 1.75 bits per heavy atom. The van der Waals surface area contributed by atoms with Crippen molar-refractivity contribution in [1.82, 2.24) is 0 Å². The summed E-state index contributed by atoms with van der Waals surface area (Å²) in [5.41, 5.74) is 1.65. The van der Waals surface area contributed by atoms with Gasteiger partial charge in [0.25, 0.3) is 0 Å². The Morgan fingerprint density at radius 1 is 1.15 bits per heavy atom. The van der Waals surface area contributed by atoms with Gasteiger partial charge in [-0.3, -0.25) is 0 Å². The Bertz CT molecular complexity index is 456. The Kier molecular flexibility index (Phi) is 6.45. The summed E-state index contributed by atoms with van der Waals surface area (Å²) in [6.45, 7) is 1.86. The van der Waals surface area contributed by atoms with Crippen LogP contribution in [0.3, 0.4) is 0 Å². The molecule has 110 valence electrons. The number of rotatable bonds is 7. The second kappa shape index (κ2) is 7.85. The van der Waals surface area contributed by atoms with Gasteiger partial charge in [0.15, 0.2) is 0 Å². The summed E-state index contributed by atoms with van der Waals surface area (Å²) < 4.78 is 16.4. The standard InChI is InChI=1S/C16H22O4/c1-5-13(7-6-12-17)16(19-3,20-4)14-8-10-15(18-2)11-9-14/h5-11,17H,12H2,1-4H3/b7-6-,13-5+. The summed E-state index contributed by atoms with van der Waals surface area (Å²) in [4.78, 5) is 0. The van der Waals surface area contributed by atoms with Gasteiger partial charge in [-0.1, -0.05) is 18.2 Å². The third-order valence-corrected chi connectivity index (χ3v) is 3.14. The van der Waals surface area contributed by atoms with Crippen LogP contribution in [0, 0.1) is 0 Å². The van der Waals surface area contributed by atoms with E-state index in [-0.39, 0.29) is 6.61 Å². The smallest absolute Gasteiger partial charge is 0.221 e. The van der Waals surface area contributed by atoms with Crippen LogP contribution in [0.2, 0.25) is 0 Å². The average Bonchev–Trinajstić information content (AvgIpc) is 2.52. The van der Waals surface area contributed by atoms with Gasteiger partial charge in [-0.15, -0.1) is 0 Å². The third-order valence-electron chi connectivity index (χ3n) is 3.14. The van der Waals surface area contributed by atoms with Crippen LogP contribution in [-0.2, 0) is 15.3 Å². The second-order valence-corrected chi connectivity index (χ2v) is 4.08. The molecule has 0 saturated carbocycles. The van der Waals surface area contributed by atoms with Crippen molar-refractivity contribution in [2.75, 3.05) is 27.9 Å². The van der Waals surface area contributed by atoms with Gasteiger partial charge in [-0.25, -0.2) is 0 Å². The Balaban J connectivity index is 3.28. The zero-order chi connectivity index (χ0) is 15.0. The molecule has 0 unspecified atom stereocenters. The fourth-order valence-electron chi connectivity index (χ4n) is 2.11. The molecule has 0 fully saturated rings. The maximum Gasteiger partial charge on any atom is 0.221 e. The lowest BCUT2D eigenvalue weighted by Gasteiger charge is -2.32. The predicted molar refractivity (Wildman–Crippen MR) is 78.7 cm³/mol. The van der Waals surface area contributed by atoms with Crippen LogP contribution in [0.5, 0.6) is 5.75 Å². The molecule has 4 nitrogen and oxygen atoms in total. The van der Waals surface area contributed by atoms with Crippen molar-refractivity contribution in [2.45, 2.75) is 12.7 Å². The molecule has 1 aromatic rings. The minimum absolute atomic E-state index is 0.0382. The molecule has 0 atom stereocenters. The van der Waals surface area contributed by atoms with Gasteiger partial charge in [-0.05, 0) is 31.2 Å². The first kappa shape index (κ1) is 16.4. The molecular formula is C16H22O4. The van der Waals surface area contributed by atoms with Crippen LogP contribution in [0.25, 0.3) is 0 Å². The molecule has 1 aromatic carbocycles. The van der Waals surface area contributed by atoms with E-state index < -0.39 is 5.79 Å². The van der Waals surface area contributed by atoms with Crippen molar-refractivity contribution in [1.29, 1.82) is 0 Å². The summed E-state index contributed by atoms with van der Waals surface area (Å²) in [6, 6.07) is 7.49. The van der Waals surface area contributed by atoms with Gasteiger partial charge < -0.3 is 19.3 Å². The summed E-state index contributed by atoms with van der Waals surface area (Å²) >= 11 is 0. The second-order valence-electron chi connectivity index (χ2n) is 4.08. The van der Waals surface area contributed by atoms with Crippen LogP contribution in [0.4, 0.5) is 0 Å². The van der Waals surface area contributed by atoms with Crippen molar-refractivity contribution >= 4 is 0 Å². The number of hydrogen-bond donors (Lipinski definition) is 1. The lowest BCUT2D eigenvalue weighted by Crippen LogP contribution is -2.32. The van der Waals surface area contributed by atoms with Crippen LogP contribution in [-0.4, -0.2) is 33.0 Å². The monoisotopic (exact) mass is 278 g/mol. The number of ether oxygens (including phenoxy) is 3. The predicted octanol–water partition coefficient (Wildman–Crippen LogP) is 2.64. The number of hydrogen-bond acceptors (Lipinski definition) is 4. The first-order chi connectivity index (χ1) is 9.68. The fraction of sp³-hybridized carbons (Fsp3) is 0.375. The molecule has 0 aliphatic carbocycles. The summed E-state index contributed by atoms with van der Waals surface area (Å²) in [5, 5.41) is 8.95. The van der Waals surface area contributed by atoms with E-state index in [9.17, 15) is 0 Å². The van der Waals surface area contributed by atoms with Crippen LogP contribution in [0.1, 0.15) is 12.5 Å². The number of aliphatic hydroxyl groups excluding tert-OH is 1. The maximum atomic E-state index is 8.95. The van der Waals surface area contributed by atoms with Crippen molar-refractivity contribution in [2.24, 2.45) is 0 Å². The highest BCUT2D eigenvalue weighted by molar-refractivity contribution is 5.39. The summed E-state index contributed by atoms with van der Waals surface area (Å²) in [5.74, 6) is -0.241. The largest absolute Gasteiger partial charge is 0.497 e. The first-order valence-corrected chi connectivity index (χ1v) is 6.37. The quantitative estimate of drug-likeness (QED) is 0.615. The topological polar surface area (TPSA) is 47.9 Å². The molecule has 20 heavy (non-hydrogen) atoms. The van der Waals surface area contributed by atoms with Gasteiger partial charge in [0.05, 0.1) is 13.7 Å². The average molecular weight is 278 g/mol. The van der Waals surface area contributed by atoms with Gasteiger partial charge in [0.1, 0.15) is 5.75 Å². The summed E-state index contributed by atoms with van der Waals surface area (Å²) in [6.07, 6.45) is 5.33. The minimum Gasteiger partial charge on any atom is -0.497 e. The van der Waals surface area contributed by atoms with E-state index in [2.05, 4.69) is 0 Å². The molecule has 0 spiro atoms. The number of methoxy groups -OCH3 is 3. The van der Waals surface area contributed by atoms with Gasteiger partial charge in [0.2, 0.25) is 5.79 Å². The zero-order valence-electron chi connectivity index (χ0n) is 12.4. The molecule has 0 radical (unpaired) electrons. The SMILES string of the molecule is C/C=C(\C=C/CO)C(OC)(OC)c1ccc(OC)cc1. The van der Waals surface area contributed by atoms with Crippen molar-refractivity contribution in [3.05, 3.63) is 53.6 Å². The van der Waals surface area contributed by atoms with Gasteiger partial charge in [0, 0.05) is 25.4 Å². The molecule has 1 N–H and O–H groups in total. The molecule has 0 amide bonds. The van der Waals surface area contributed by atoms with Gasteiger partial charge >= 0.3 is 0 Å². The maximum absolute atomic E-state index is 8.95. The normalized spacial score (nSPS) is 12.9. The van der Waals surface area contributed by atoms with Gasteiger partial charge in [-0.2, -0.15) is 0 Å². The molecule has 0 heterocycles. The van der Waals surface area contributed by atoms with E-state index in [0.29, 0.717) is 0 Å². The molecular weight excluding hydrogens is 256 g/mol. The number of aliphatic hydroxyl groups is 1. The Hall–Kier alpha value is -1.62. The molecule has 0 bridgehead atoms. The lowest BCUT2D eigenvalue weighted by molar-refractivity contribution is -0.184. The minimum atomic E-state index is -1.01. The van der Waals surface area contributed by atoms with Crippen molar-refractivity contribution < 1.29 is 19.3 Å². The lowest BCUT2D eigenvalue weighted by atomic mass is 9.96. The van der Waals surface area contributed by atoms with Crippen LogP contribution < -0.4 is 4.74 Å². The molecule has 1 rings (SSSR count). The summed E-state index contributed by atoms with van der Waals surface area (Å²) in [7, 11) is 4.80. The third kappa shape index (κ3) is 3.28. The highest BCUT2D eigenvalue weighted by atomic mass is 16.7. The fourth-order valence-corrected chi connectivity index (χ4v) is 2.11.